The maximum Gasteiger partial charge on any atom is 0.411 e. The molecule has 0 aliphatic carbocycles. The molecule has 4 rings (SSSR count). The molecular formula is C33H35N3O7. The third-order valence-corrected chi connectivity index (χ3v) is 7.42. The number of carbonyl (C=O) groups is 5. The van der Waals surface area contributed by atoms with Gasteiger partial charge in [-0.3, -0.25) is 19.3 Å². The molecule has 43 heavy (non-hydrogen) atoms. The van der Waals surface area contributed by atoms with Crippen LogP contribution in [0.5, 0.6) is 0 Å². The Morgan fingerprint density at radius 1 is 0.907 bits per heavy atom. The van der Waals surface area contributed by atoms with Gasteiger partial charge in [0.1, 0.15) is 18.7 Å². The second kappa shape index (κ2) is 14.8. The zero-order valence-corrected chi connectivity index (χ0v) is 23.9. The molecule has 3 aromatic rings. The molecule has 1 unspecified atom stereocenters. The van der Waals surface area contributed by atoms with Crippen molar-refractivity contribution in [2.45, 2.75) is 50.9 Å². The minimum Gasteiger partial charge on any atom is -0.480 e. The fourth-order valence-electron chi connectivity index (χ4n) is 5.03. The van der Waals surface area contributed by atoms with E-state index in [1.807, 2.05) is 36.4 Å². The number of rotatable bonds is 12. The highest BCUT2D eigenvalue weighted by Gasteiger charge is 2.40. The fraction of sp³-hybridized carbons (Fsp3) is 0.303. The van der Waals surface area contributed by atoms with Crippen molar-refractivity contribution in [2.24, 2.45) is 0 Å². The van der Waals surface area contributed by atoms with Crippen LogP contribution in [-0.4, -0.2) is 75.8 Å². The summed E-state index contributed by atoms with van der Waals surface area (Å²) in [7, 11) is 0. The standard InChI is InChI=1S/C33H35N3O7/c1-23(31(39)35-19-11-18-28(35)32(40)41)36(33(42)43-22-25-14-7-3-8-15-25)21-29(37)27(20-24-12-5-2-6-13-24)34-30(38)26-16-9-4-10-17-26/h2-10,12-17,23,27-28H,11,18-22H2,1H3,(H,34,38)(H,40,41)/t23-,27?,28-/m0/s1. The van der Waals surface area contributed by atoms with Crippen LogP contribution in [0.25, 0.3) is 0 Å². The molecule has 0 radical (unpaired) electrons. The van der Waals surface area contributed by atoms with Crippen molar-refractivity contribution in [3.63, 3.8) is 0 Å². The van der Waals surface area contributed by atoms with E-state index < -0.39 is 54.3 Å². The first-order valence-corrected chi connectivity index (χ1v) is 14.2. The molecule has 0 saturated carbocycles. The minimum atomic E-state index is -1.20. The van der Waals surface area contributed by atoms with Gasteiger partial charge in [-0.05, 0) is 49.4 Å². The van der Waals surface area contributed by atoms with Gasteiger partial charge in [0.05, 0.1) is 12.6 Å². The molecule has 1 fully saturated rings. The molecule has 2 N–H and O–H groups in total. The molecule has 0 aromatic heterocycles. The van der Waals surface area contributed by atoms with Crippen LogP contribution in [-0.2, 0) is 32.1 Å². The van der Waals surface area contributed by atoms with Crippen molar-refractivity contribution in [2.75, 3.05) is 13.1 Å². The Morgan fingerprint density at radius 2 is 1.49 bits per heavy atom. The highest BCUT2D eigenvalue weighted by Crippen LogP contribution is 2.21. The molecule has 1 aliphatic heterocycles. The van der Waals surface area contributed by atoms with E-state index in [0.717, 1.165) is 10.5 Å². The number of Topliss-reactive ketones (excluding diaryl/α,β-unsaturated/α-hetero) is 1. The van der Waals surface area contributed by atoms with Crippen molar-refractivity contribution in [3.8, 4) is 0 Å². The van der Waals surface area contributed by atoms with E-state index in [2.05, 4.69) is 5.32 Å². The highest BCUT2D eigenvalue weighted by atomic mass is 16.6. The summed E-state index contributed by atoms with van der Waals surface area (Å²) in [4.78, 5) is 67.9. The first-order chi connectivity index (χ1) is 20.7. The van der Waals surface area contributed by atoms with Gasteiger partial charge in [-0.25, -0.2) is 9.59 Å². The number of ketones is 1. The number of hydrogen-bond acceptors (Lipinski definition) is 6. The fourth-order valence-corrected chi connectivity index (χ4v) is 5.03. The number of ether oxygens (including phenoxy) is 1. The third-order valence-electron chi connectivity index (χ3n) is 7.42. The summed E-state index contributed by atoms with van der Waals surface area (Å²) in [5.41, 5.74) is 1.87. The second-order valence-electron chi connectivity index (χ2n) is 10.4. The van der Waals surface area contributed by atoms with E-state index in [-0.39, 0.29) is 19.6 Å². The molecule has 1 aliphatic rings. The topological polar surface area (TPSA) is 133 Å². The van der Waals surface area contributed by atoms with E-state index in [9.17, 15) is 29.1 Å². The Balaban J connectivity index is 1.58. The molecule has 1 heterocycles. The van der Waals surface area contributed by atoms with Crippen LogP contribution in [0.2, 0.25) is 0 Å². The van der Waals surface area contributed by atoms with Gasteiger partial charge in [0, 0.05) is 12.1 Å². The van der Waals surface area contributed by atoms with Crippen molar-refractivity contribution in [3.05, 3.63) is 108 Å². The highest BCUT2D eigenvalue weighted by molar-refractivity contribution is 5.99. The summed E-state index contributed by atoms with van der Waals surface area (Å²) < 4.78 is 5.51. The van der Waals surface area contributed by atoms with E-state index in [4.69, 9.17) is 4.74 Å². The number of carboxylic acids is 1. The zero-order chi connectivity index (χ0) is 30.8. The van der Waals surface area contributed by atoms with Crippen LogP contribution in [0, 0.1) is 0 Å². The Labute approximate surface area is 250 Å². The lowest BCUT2D eigenvalue weighted by molar-refractivity contribution is -0.150. The van der Waals surface area contributed by atoms with Crippen LogP contribution >= 0.6 is 0 Å². The Kier molecular flexibility index (Phi) is 10.6. The van der Waals surface area contributed by atoms with Gasteiger partial charge >= 0.3 is 12.1 Å². The second-order valence-corrected chi connectivity index (χ2v) is 10.4. The van der Waals surface area contributed by atoms with Gasteiger partial charge in [0.2, 0.25) is 5.91 Å². The lowest BCUT2D eigenvalue weighted by atomic mass is 10.0. The molecule has 1 saturated heterocycles. The van der Waals surface area contributed by atoms with Gasteiger partial charge in [0.15, 0.2) is 5.78 Å². The van der Waals surface area contributed by atoms with E-state index in [1.165, 1.54) is 11.8 Å². The van der Waals surface area contributed by atoms with Gasteiger partial charge < -0.3 is 20.1 Å². The first kappa shape index (κ1) is 31.0. The molecule has 3 amide bonds. The number of hydrogen-bond donors (Lipinski definition) is 2. The molecule has 10 heteroatoms. The summed E-state index contributed by atoms with van der Waals surface area (Å²) in [6.45, 7) is 1.04. The molecular weight excluding hydrogens is 550 g/mol. The maximum absolute atomic E-state index is 13.8. The van der Waals surface area contributed by atoms with Crippen LogP contribution in [0.3, 0.4) is 0 Å². The molecule has 3 aromatic carbocycles. The van der Waals surface area contributed by atoms with Gasteiger partial charge in [-0.1, -0.05) is 78.9 Å². The molecule has 0 bridgehead atoms. The average Bonchev–Trinajstić information content (AvgIpc) is 3.53. The predicted molar refractivity (Wildman–Crippen MR) is 158 cm³/mol. The molecule has 224 valence electrons. The van der Waals surface area contributed by atoms with Crippen molar-refractivity contribution in [1.82, 2.24) is 15.1 Å². The average molecular weight is 586 g/mol. The van der Waals surface area contributed by atoms with Crippen molar-refractivity contribution in [1.29, 1.82) is 0 Å². The largest absolute Gasteiger partial charge is 0.480 e. The van der Waals surface area contributed by atoms with Crippen LogP contribution in [0.15, 0.2) is 91.0 Å². The summed E-state index contributed by atoms with van der Waals surface area (Å²) in [6.07, 6.45) is 0.0607. The molecule has 0 spiro atoms. The minimum absolute atomic E-state index is 0.0923. The number of carbonyl (C=O) groups excluding carboxylic acids is 4. The number of benzene rings is 3. The van der Waals surface area contributed by atoms with Gasteiger partial charge in [-0.2, -0.15) is 0 Å². The number of nitrogens with one attached hydrogen (secondary N) is 1. The zero-order valence-electron chi connectivity index (χ0n) is 23.9. The normalized spacial score (nSPS) is 15.7. The van der Waals surface area contributed by atoms with Crippen molar-refractivity contribution >= 4 is 29.7 Å². The summed E-state index contributed by atoms with van der Waals surface area (Å²) in [5.74, 6) is -2.69. The Morgan fingerprint density at radius 3 is 2.09 bits per heavy atom. The predicted octanol–water partition coefficient (Wildman–Crippen LogP) is 3.70. The molecule has 10 nitrogen and oxygen atoms in total. The summed E-state index contributed by atoms with van der Waals surface area (Å²) in [5, 5.41) is 12.4. The van der Waals surface area contributed by atoms with E-state index in [1.54, 1.807) is 54.6 Å². The van der Waals surface area contributed by atoms with Crippen molar-refractivity contribution < 1.29 is 33.8 Å². The SMILES string of the molecule is C[C@@H](C(=O)N1CCC[C@H]1C(=O)O)N(CC(=O)C(Cc1ccccc1)NC(=O)c1ccccc1)C(=O)OCc1ccccc1. The summed E-state index contributed by atoms with van der Waals surface area (Å²) >= 11 is 0. The van der Waals surface area contributed by atoms with E-state index in [0.29, 0.717) is 24.0 Å². The Hall–Kier alpha value is -4.99. The van der Waals surface area contributed by atoms with E-state index >= 15 is 0 Å². The maximum atomic E-state index is 13.8. The van der Waals surface area contributed by atoms with Crippen LogP contribution in [0.4, 0.5) is 4.79 Å². The lowest BCUT2D eigenvalue weighted by Gasteiger charge is -2.32. The van der Waals surface area contributed by atoms with Crippen LogP contribution < -0.4 is 5.32 Å². The number of amides is 3. The lowest BCUT2D eigenvalue weighted by Crippen LogP contribution is -2.55. The number of aliphatic carboxylic acids is 1. The third kappa shape index (κ3) is 8.28. The number of likely N-dealkylation sites (tertiary alicyclic amines) is 1. The Bertz CT molecular complexity index is 1420. The first-order valence-electron chi connectivity index (χ1n) is 14.2. The van der Waals surface area contributed by atoms with Gasteiger partial charge in [-0.15, -0.1) is 0 Å². The quantitative estimate of drug-likeness (QED) is 0.331. The number of nitrogens with zero attached hydrogens (tertiary/aromatic N) is 2. The van der Waals surface area contributed by atoms with Gasteiger partial charge in [0.25, 0.3) is 5.91 Å². The molecule has 3 atom stereocenters. The monoisotopic (exact) mass is 585 g/mol. The summed E-state index contributed by atoms with van der Waals surface area (Å²) in [6, 6.07) is 23.3. The smallest absolute Gasteiger partial charge is 0.411 e. The van der Waals surface area contributed by atoms with Crippen LogP contribution in [0.1, 0.15) is 41.3 Å². The number of carboxylic acid groups (broad SMARTS) is 1.